The molecule has 2 aromatic carbocycles. The summed E-state index contributed by atoms with van der Waals surface area (Å²) in [5.74, 6) is 4.21. The number of pyridine rings is 2. The van der Waals surface area contributed by atoms with Gasteiger partial charge in [0.2, 0.25) is 0 Å². The van der Waals surface area contributed by atoms with Gasteiger partial charge in [-0.05, 0) is 0 Å². The van der Waals surface area contributed by atoms with Gasteiger partial charge < -0.3 is 0 Å². The van der Waals surface area contributed by atoms with E-state index in [1.165, 1.54) is 62.1 Å². The van der Waals surface area contributed by atoms with Gasteiger partial charge in [0, 0.05) is 0 Å². The Balaban J connectivity index is 0.976. The summed E-state index contributed by atoms with van der Waals surface area (Å²) in [7, 11) is 2.28. The summed E-state index contributed by atoms with van der Waals surface area (Å²) < 4.78 is 2.01. The Morgan fingerprint density at radius 3 is 1.64 bits per heavy atom. The average Bonchev–Trinajstić information content (AvgIpc) is 4.07. The van der Waals surface area contributed by atoms with Crippen LogP contribution in [0, 0.1) is 23.7 Å². The first kappa shape index (κ1) is 29.1. The predicted octanol–water partition coefficient (Wildman–Crippen LogP) is 13.4. The van der Waals surface area contributed by atoms with E-state index in [4.69, 9.17) is 9.97 Å². The van der Waals surface area contributed by atoms with Gasteiger partial charge in [-0.2, -0.15) is 0 Å². The standard InChI is InChI=1S/C42H51N2P2Si.C5H5.Fe/c1-41(2,3)46(40-31-20-27-19-28(22-31)23-32(40)21-27)26-33-24-34(47(4,5)6)25-35(33)42(45,38-17-15-29-11-7-9-13-36(29)43-38)39-18-16-30-12-8-10-14-37(30)44-39;1-2-4-5-3-1;/h7-18,24-25,27-28,31-32,40H,19-23,26,45H2,1-6H3;1-5H;. The zero-order valence-corrected chi connectivity index (χ0v) is 36.5. The molecular weight excluding hydrogens is 738 g/mol. The number of para-hydroxylation sites is 2. The van der Waals surface area contributed by atoms with Gasteiger partial charge >= 0.3 is 312 Å². The van der Waals surface area contributed by atoms with E-state index in [0.717, 1.165) is 38.1 Å². The molecule has 1 spiro atoms. The number of hydrogen-bond acceptors (Lipinski definition) is 2. The molecule has 4 bridgehead atoms. The zero-order chi connectivity index (χ0) is 35.4. The Kier molecular flexibility index (Phi) is 2.82. The van der Waals surface area contributed by atoms with Crippen molar-refractivity contribution in [1.82, 2.24) is 9.97 Å². The Morgan fingerprint density at radius 1 is 0.698 bits per heavy atom. The molecule has 276 valence electrons. The monoisotopic (exact) mass is 794 g/mol. The third-order valence-corrected chi connectivity index (χ3v) is 85.7. The van der Waals surface area contributed by atoms with Gasteiger partial charge in [0.05, 0.1) is 0 Å². The van der Waals surface area contributed by atoms with E-state index in [9.17, 15) is 0 Å². The van der Waals surface area contributed by atoms with Crippen molar-refractivity contribution in [3.05, 3.63) is 84.2 Å². The van der Waals surface area contributed by atoms with E-state index in [1.54, 1.807) is 38.3 Å². The van der Waals surface area contributed by atoms with E-state index in [1.807, 2.05) is 0 Å². The Labute approximate surface area is 310 Å². The predicted molar refractivity (Wildman–Crippen MR) is 224 cm³/mol. The fourth-order valence-electron chi connectivity index (χ4n) is 29.6. The summed E-state index contributed by atoms with van der Waals surface area (Å²) in [6.07, 6.45) is 9.59. The van der Waals surface area contributed by atoms with Crippen molar-refractivity contribution in [3.8, 4) is 0 Å². The first-order chi connectivity index (χ1) is 25.1. The Bertz CT molecular complexity index is 2820. The summed E-state index contributed by atoms with van der Waals surface area (Å²) in [6.45, 7) is 12.6. The van der Waals surface area contributed by atoms with Crippen LogP contribution in [0.15, 0.2) is 72.8 Å². The molecule has 4 aliphatic carbocycles. The van der Waals surface area contributed by atoms with Crippen molar-refractivity contribution < 1.29 is 6.51 Å². The van der Waals surface area contributed by atoms with Crippen LogP contribution in [0.1, 0.15) is 64.3 Å². The van der Waals surface area contributed by atoms with E-state index in [2.05, 4.69) is 122 Å². The normalized spacial score (nSPS) is 61.2. The SMILES string of the molecule is CC(C)(C)P(C[C]12[CH]3[C]4([Si](C)(C)C)[CH]5[C]1(C(P)(c1ccc6ccccc6n1)c1ccc6ccccc6n1)[Fe]35241678[CH]2[CH]1[CH]6[CH]7[CH]28)C1C2CC3CC(C2)CC1C3. The first-order valence-electron chi connectivity index (χ1n) is 21.6. The van der Waals surface area contributed by atoms with Gasteiger partial charge in [-0.15, -0.1) is 0 Å². The van der Waals surface area contributed by atoms with Gasteiger partial charge in [-0.25, -0.2) is 0 Å². The van der Waals surface area contributed by atoms with E-state index in [-0.39, 0.29) is 13.1 Å². The van der Waals surface area contributed by atoms with Crippen molar-refractivity contribution in [2.24, 2.45) is 23.7 Å². The Hall–Kier alpha value is -1.14. The van der Waals surface area contributed by atoms with Crippen molar-refractivity contribution in [2.75, 3.05) is 6.16 Å². The van der Waals surface area contributed by atoms with E-state index >= 15 is 0 Å². The minimum absolute atomic E-state index is 0.0889. The van der Waals surface area contributed by atoms with E-state index in [0.29, 0.717) is 13.8 Å². The molecule has 10 aliphatic heterocycles. The summed E-state index contributed by atoms with van der Waals surface area (Å²) in [5.41, 5.74) is 6.15. The Morgan fingerprint density at radius 2 is 1.19 bits per heavy atom. The number of rotatable bonds is 7. The van der Waals surface area contributed by atoms with Crippen molar-refractivity contribution >= 4 is 47.0 Å². The number of nitrogens with zero attached hydrogens (tertiary/aromatic N) is 2. The summed E-state index contributed by atoms with van der Waals surface area (Å²) in [6, 6.07) is 27.9. The molecule has 2 nitrogen and oxygen atoms in total. The summed E-state index contributed by atoms with van der Waals surface area (Å²) in [4.78, 5) is 20.1. The maximum absolute atomic E-state index is 5.86. The summed E-state index contributed by atoms with van der Waals surface area (Å²) >= 11 is 0. The third kappa shape index (κ3) is 0.981. The molecule has 7 unspecified atom stereocenters. The van der Waals surface area contributed by atoms with Crippen LogP contribution < -0.4 is 0 Å². The second kappa shape index (κ2) is 5.14. The molecule has 10 saturated heterocycles. The number of hydrogen-bond donors (Lipinski definition) is 0. The molecule has 7 atom stereocenters. The van der Waals surface area contributed by atoms with Crippen LogP contribution in [0.5, 0.6) is 0 Å². The number of benzene rings is 2. The molecule has 0 radical (unpaired) electrons. The topological polar surface area (TPSA) is 25.8 Å². The van der Waals surface area contributed by atoms with Crippen LogP contribution in [0.2, 0.25) is 65.9 Å². The molecule has 0 amide bonds. The molecule has 18 rings (SSSR count). The van der Waals surface area contributed by atoms with Crippen molar-refractivity contribution in [1.29, 1.82) is 0 Å². The molecule has 4 aromatic rings. The molecule has 12 heterocycles. The van der Waals surface area contributed by atoms with Crippen LogP contribution in [-0.2, 0) is 11.7 Å². The van der Waals surface area contributed by atoms with Crippen molar-refractivity contribution in [3.63, 3.8) is 0 Å². The molecule has 0 N–H and O–H groups in total. The molecule has 53 heavy (non-hydrogen) atoms. The number of aromatic nitrogens is 2. The van der Waals surface area contributed by atoms with Gasteiger partial charge in [0.1, 0.15) is 0 Å². The first-order valence-corrected chi connectivity index (χ1v) is 33.4. The maximum atomic E-state index is 5.86. The van der Waals surface area contributed by atoms with Crippen LogP contribution in [-0.4, -0.2) is 35.0 Å². The van der Waals surface area contributed by atoms with Gasteiger partial charge in [0.15, 0.2) is 0 Å². The van der Waals surface area contributed by atoms with E-state index < -0.39 is 14.6 Å². The molecule has 14 aliphatic rings. The fourth-order valence-corrected chi connectivity index (χ4v) is 146. The van der Waals surface area contributed by atoms with Crippen LogP contribution in [0.4, 0.5) is 0 Å². The number of fused-ring (bicyclic) bond motifs is 12. The van der Waals surface area contributed by atoms with Gasteiger partial charge in [-0.3, -0.25) is 0 Å². The van der Waals surface area contributed by atoms with Crippen LogP contribution >= 0.6 is 17.2 Å². The molecular formula is C47H56FeN2P2Si. The van der Waals surface area contributed by atoms with Crippen LogP contribution in [0.3, 0.4) is 0 Å². The molecule has 14 fully saturated rings. The van der Waals surface area contributed by atoms with Crippen LogP contribution in [0.25, 0.3) is 21.8 Å². The fraction of sp³-hybridized carbons (Fsp3) is 0.617. The quantitative estimate of drug-likeness (QED) is 0.138. The van der Waals surface area contributed by atoms with Crippen molar-refractivity contribution in [2.45, 2.75) is 135 Å². The second-order valence-electron chi connectivity index (χ2n) is 25.6. The second-order valence-corrected chi connectivity index (χ2v) is 58.4. The van der Waals surface area contributed by atoms with Gasteiger partial charge in [0.25, 0.3) is 0 Å². The molecule has 4 saturated carbocycles. The molecule has 6 heteroatoms. The minimum atomic E-state index is -4.39. The summed E-state index contributed by atoms with van der Waals surface area (Å²) in [5, 5.41) is 2.80. The third-order valence-electron chi connectivity index (χ3n) is 26.8. The molecule has 2 aromatic heterocycles. The zero-order valence-electron chi connectivity index (χ0n) is 32.4. The van der Waals surface area contributed by atoms with Gasteiger partial charge in [-0.1, -0.05) is 0 Å². The average molecular weight is 795 g/mol.